The second kappa shape index (κ2) is 13.1. The molecule has 1 heterocycles. The fourth-order valence-electron chi connectivity index (χ4n) is 3.73. The Balaban J connectivity index is 1.60. The minimum absolute atomic E-state index is 0.124. The van der Waals surface area contributed by atoms with Gasteiger partial charge in [-0.15, -0.1) is 0 Å². The van der Waals surface area contributed by atoms with Gasteiger partial charge in [-0.05, 0) is 42.9 Å². The van der Waals surface area contributed by atoms with E-state index in [4.69, 9.17) is 9.47 Å². The summed E-state index contributed by atoms with van der Waals surface area (Å²) in [6.45, 7) is 1.16. The molecule has 0 bridgehead atoms. The number of aromatic nitrogens is 2. The summed E-state index contributed by atoms with van der Waals surface area (Å²) < 4.78 is 11.1. The average Bonchev–Trinajstić information content (AvgIpc) is 3.48. The molecule has 0 aliphatic rings. The second-order valence-corrected chi connectivity index (χ2v) is 8.90. The predicted octanol–water partition coefficient (Wildman–Crippen LogP) is 5.53. The molecule has 0 aliphatic heterocycles. The molecule has 196 valence electrons. The standard InChI is InChI=1S/C29H31N5O4/c1-33(2)15-16-34(29(36)38-21-23-11-7-4-8-12-23)27-17-24(25-18-30-31-19-25)13-14-26(27)32-28(35)37-20-22-9-5-3-6-10-22/h3-14,17-19H,15-16,20-21H2,1-2H3,(H,30,31)(H,32,35). The van der Waals surface area contributed by atoms with Crippen LogP contribution in [0.1, 0.15) is 11.1 Å². The minimum Gasteiger partial charge on any atom is -0.444 e. The number of nitrogens with one attached hydrogen (secondary N) is 2. The first kappa shape index (κ1) is 26.4. The molecule has 3 aromatic carbocycles. The molecule has 9 heteroatoms. The smallest absolute Gasteiger partial charge is 0.414 e. The van der Waals surface area contributed by atoms with Crippen molar-refractivity contribution in [1.29, 1.82) is 0 Å². The van der Waals surface area contributed by atoms with Crippen LogP contribution in [0.5, 0.6) is 0 Å². The maximum absolute atomic E-state index is 13.4. The van der Waals surface area contributed by atoms with Gasteiger partial charge in [-0.3, -0.25) is 15.3 Å². The molecular weight excluding hydrogens is 482 g/mol. The lowest BCUT2D eigenvalue weighted by Crippen LogP contribution is -2.37. The summed E-state index contributed by atoms with van der Waals surface area (Å²) in [6.07, 6.45) is 2.30. The van der Waals surface area contributed by atoms with Crippen molar-refractivity contribution >= 4 is 23.6 Å². The van der Waals surface area contributed by atoms with Gasteiger partial charge in [0.15, 0.2) is 0 Å². The number of anilines is 2. The van der Waals surface area contributed by atoms with Gasteiger partial charge in [0, 0.05) is 24.8 Å². The molecule has 2 N–H and O–H groups in total. The van der Waals surface area contributed by atoms with Crippen molar-refractivity contribution in [2.24, 2.45) is 0 Å². The largest absolute Gasteiger partial charge is 0.444 e. The van der Waals surface area contributed by atoms with Gasteiger partial charge in [0.1, 0.15) is 13.2 Å². The number of hydrogen-bond donors (Lipinski definition) is 2. The topological polar surface area (TPSA) is 99.8 Å². The van der Waals surface area contributed by atoms with Crippen LogP contribution in [-0.4, -0.2) is 54.5 Å². The van der Waals surface area contributed by atoms with Crippen molar-refractivity contribution in [3.05, 3.63) is 102 Å². The van der Waals surface area contributed by atoms with E-state index in [9.17, 15) is 9.59 Å². The van der Waals surface area contributed by atoms with Crippen molar-refractivity contribution in [2.45, 2.75) is 13.2 Å². The summed E-state index contributed by atoms with van der Waals surface area (Å²) >= 11 is 0. The molecule has 0 aliphatic carbocycles. The van der Waals surface area contributed by atoms with E-state index >= 15 is 0 Å². The van der Waals surface area contributed by atoms with Gasteiger partial charge in [-0.1, -0.05) is 66.7 Å². The number of ether oxygens (including phenoxy) is 2. The van der Waals surface area contributed by atoms with Gasteiger partial charge >= 0.3 is 12.2 Å². The van der Waals surface area contributed by atoms with Crippen LogP contribution in [0.25, 0.3) is 11.1 Å². The minimum atomic E-state index is -0.628. The number of hydrogen-bond acceptors (Lipinski definition) is 6. The maximum Gasteiger partial charge on any atom is 0.414 e. The van der Waals surface area contributed by atoms with Gasteiger partial charge in [-0.25, -0.2) is 9.59 Å². The lowest BCUT2D eigenvalue weighted by molar-refractivity contribution is 0.146. The SMILES string of the molecule is CN(C)CCN(C(=O)OCc1ccccc1)c1cc(-c2cn[nH]c2)ccc1NC(=O)OCc1ccccc1. The Kier molecular flexibility index (Phi) is 9.09. The number of rotatable bonds is 10. The molecule has 0 radical (unpaired) electrons. The van der Waals surface area contributed by atoms with Crippen molar-refractivity contribution in [3.63, 3.8) is 0 Å². The molecule has 0 saturated heterocycles. The van der Waals surface area contributed by atoms with Gasteiger partial charge in [0.25, 0.3) is 0 Å². The van der Waals surface area contributed by atoms with E-state index in [2.05, 4.69) is 15.5 Å². The highest BCUT2D eigenvalue weighted by atomic mass is 16.6. The zero-order valence-corrected chi connectivity index (χ0v) is 21.5. The highest BCUT2D eigenvalue weighted by Crippen LogP contribution is 2.32. The Morgan fingerprint density at radius 2 is 1.50 bits per heavy atom. The van der Waals surface area contributed by atoms with Crippen molar-refractivity contribution in [3.8, 4) is 11.1 Å². The number of H-pyrrole nitrogens is 1. The Hall–Kier alpha value is -4.63. The number of aromatic amines is 1. The molecule has 0 spiro atoms. The van der Waals surface area contributed by atoms with Gasteiger partial charge in [-0.2, -0.15) is 5.10 Å². The molecule has 2 amide bonds. The molecule has 0 unspecified atom stereocenters. The van der Waals surface area contributed by atoms with E-state index in [1.807, 2.05) is 91.8 Å². The summed E-state index contributed by atoms with van der Waals surface area (Å²) in [7, 11) is 3.85. The molecule has 38 heavy (non-hydrogen) atoms. The fourth-order valence-corrected chi connectivity index (χ4v) is 3.73. The third-order valence-electron chi connectivity index (χ3n) is 5.77. The number of amides is 2. The van der Waals surface area contributed by atoms with Crippen LogP contribution in [0.2, 0.25) is 0 Å². The molecular formula is C29H31N5O4. The quantitative estimate of drug-likeness (QED) is 0.289. The lowest BCUT2D eigenvalue weighted by Gasteiger charge is -2.26. The monoisotopic (exact) mass is 513 g/mol. The number of benzene rings is 3. The Morgan fingerprint density at radius 3 is 2.11 bits per heavy atom. The van der Waals surface area contributed by atoms with Crippen LogP contribution in [-0.2, 0) is 22.7 Å². The van der Waals surface area contributed by atoms with Crippen LogP contribution in [0.15, 0.2) is 91.3 Å². The molecule has 0 fully saturated rings. The normalized spacial score (nSPS) is 10.7. The number of nitrogens with zero attached hydrogens (tertiary/aromatic N) is 3. The van der Waals surface area contributed by atoms with Crippen LogP contribution in [0.3, 0.4) is 0 Å². The number of carbonyl (C=O) groups excluding carboxylic acids is 2. The van der Waals surface area contributed by atoms with Crippen molar-refractivity contribution in [1.82, 2.24) is 15.1 Å². The molecule has 1 aromatic heterocycles. The van der Waals surface area contributed by atoms with Crippen LogP contribution in [0.4, 0.5) is 21.0 Å². The second-order valence-electron chi connectivity index (χ2n) is 8.90. The first-order chi connectivity index (χ1) is 18.5. The maximum atomic E-state index is 13.4. The van der Waals surface area contributed by atoms with Crippen molar-refractivity contribution < 1.29 is 19.1 Å². The highest BCUT2D eigenvalue weighted by molar-refractivity contribution is 5.98. The summed E-state index contributed by atoms with van der Waals surface area (Å²) in [5.74, 6) is 0. The van der Waals surface area contributed by atoms with E-state index in [-0.39, 0.29) is 13.2 Å². The van der Waals surface area contributed by atoms with Crippen LogP contribution >= 0.6 is 0 Å². The molecule has 0 saturated carbocycles. The number of carbonyl (C=O) groups is 2. The fraction of sp³-hybridized carbons (Fsp3) is 0.207. The summed E-state index contributed by atoms with van der Waals surface area (Å²) in [4.78, 5) is 29.6. The van der Waals surface area contributed by atoms with Crippen molar-refractivity contribution in [2.75, 3.05) is 37.4 Å². The summed E-state index contributed by atoms with van der Waals surface area (Å²) in [5.41, 5.74) is 4.32. The number of likely N-dealkylation sites (N-methyl/N-ethyl adjacent to an activating group) is 1. The van der Waals surface area contributed by atoms with Gasteiger partial charge in [0.2, 0.25) is 0 Å². The molecule has 0 atom stereocenters. The Morgan fingerprint density at radius 1 is 0.842 bits per heavy atom. The third-order valence-corrected chi connectivity index (χ3v) is 5.77. The zero-order chi connectivity index (χ0) is 26.7. The van der Waals surface area contributed by atoms with Crippen LogP contribution < -0.4 is 10.2 Å². The Labute approximate surface area is 222 Å². The van der Waals surface area contributed by atoms with E-state index in [1.54, 1.807) is 18.5 Å². The van der Waals surface area contributed by atoms with Gasteiger partial charge in [0.05, 0.1) is 17.6 Å². The van der Waals surface area contributed by atoms with E-state index < -0.39 is 12.2 Å². The molecule has 4 rings (SSSR count). The van der Waals surface area contributed by atoms with Crippen LogP contribution in [0, 0.1) is 0 Å². The van der Waals surface area contributed by atoms with E-state index in [0.717, 1.165) is 22.3 Å². The first-order valence-electron chi connectivity index (χ1n) is 12.2. The predicted molar refractivity (Wildman–Crippen MR) is 147 cm³/mol. The Bertz CT molecular complexity index is 1310. The zero-order valence-electron chi connectivity index (χ0n) is 21.5. The van der Waals surface area contributed by atoms with Gasteiger partial charge < -0.3 is 14.4 Å². The average molecular weight is 514 g/mol. The third kappa shape index (κ3) is 7.44. The first-order valence-corrected chi connectivity index (χ1v) is 12.2. The summed E-state index contributed by atoms with van der Waals surface area (Å²) in [5, 5.41) is 9.64. The van der Waals surface area contributed by atoms with E-state index in [0.29, 0.717) is 24.5 Å². The summed E-state index contributed by atoms with van der Waals surface area (Å²) in [6, 6.07) is 24.3. The molecule has 4 aromatic rings. The lowest BCUT2D eigenvalue weighted by atomic mass is 10.1. The highest BCUT2D eigenvalue weighted by Gasteiger charge is 2.23. The van der Waals surface area contributed by atoms with E-state index in [1.165, 1.54) is 4.90 Å². The molecule has 9 nitrogen and oxygen atoms in total.